The van der Waals surface area contributed by atoms with Crippen LogP contribution in [0.25, 0.3) is 5.57 Å². The topological polar surface area (TPSA) is 44.0 Å². The van der Waals surface area contributed by atoms with Crippen molar-refractivity contribution in [3.05, 3.63) is 40.6 Å². The fraction of sp³-hybridized carbons (Fsp3) is 0.100. The molecule has 0 aliphatic carbocycles. The summed E-state index contributed by atoms with van der Waals surface area (Å²) < 4.78 is 0. The Hall–Kier alpha value is -1.46. The minimum atomic E-state index is 0.0184. The monoisotopic (exact) mass is 193 g/mol. The average Bonchev–Trinajstić information content (AvgIpc) is 2.09. The third-order valence-corrected chi connectivity index (χ3v) is 1.86. The quantitative estimate of drug-likeness (QED) is 0.550. The molecule has 3 heteroatoms. The van der Waals surface area contributed by atoms with Crippen molar-refractivity contribution in [2.45, 2.75) is 6.92 Å². The summed E-state index contributed by atoms with van der Waals surface area (Å²) in [4.78, 5) is 0. The number of hydrogen-bond acceptors (Lipinski definition) is 2. The van der Waals surface area contributed by atoms with Crippen LogP contribution in [0.2, 0.25) is 5.02 Å². The second-order valence-corrected chi connectivity index (χ2v) is 3.02. The number of aliphatic hydroxyl groups is 1. The Morgan fingerprint density at radius 3 is 2.31 bits per heavy atom. The van der Waals surface area contributed by atoms with E-state index >= 15 is 0 Å². The van der Waals surface area contributed by atoms with Gasteiger partial charge in [-0.3, -0.25) is 0 Å². The number of hydrogen-bond donors (Lipinski definition) is 1. The van der Waals surface area contributed by atoms with Gasteiger partial charge in [-0.1, -0.05) is 23.7 Å². The summed E-state index contributed by atoms with van der Waals surface area (Å²) in [6.07, 6.45) is 0. The van der Waals surface area contributed by atoms with Crippen molar-refractivity contribution in [2.24, 2.45) is 0 Å². The molecule has 0 aromatic heterocycles. The predicted molar refractivity (Wildman–Crippen MR) is 52.3 cm³/mol. The molecule has 0 aliphatic rings. The first kappa shape index (κ1) is 9.63. The molecule has 13 heavy (non-hydrogen) atoms. The Bertz CT molecular complexity index is 369. The van der Waals surface area contributed by atoms with Gasteiger partial charge in [0, 0.05) is 5.02 Å². The van der Waals surface area contributed by atoms with Crippen LogP contribution >= 0.6 is 11.6 Å². The molecule has 0 unspecified atom stereocenters. The molecule has 0 atom stereocenters. The van der Waals surface area contributed by atoms with E-state index in [4.69, 9.17) is 22.0 Å². The molecule has 0 saturated carbocycles. The fourth-order valence-corrected chi connectivity index (χ4v) is 1.10. The highest BCUT2D eigenvalue weighted by molar-refractivity contribution is 6.30. The van der Waals surface area contributed by atoms with Crippen LogP contribution < -0.4 is 0 Å². The van der Waals surface area contributed by atoms with Crippen molar-refractivity contribution >= 4 is 17.2 Å². The van der Waals surface area contributed by atoms with Crippen molar-refractivity contribution in [1.82, 2.24) is 0 Å². The zero-order valence-corrected chi connectivity index (χ0v) is 7.84. The number of allylic oxidation sites excluding steroid dienone is 2. The average molecular weight is 194 g/mol. The second-order valence-electron chi connectivity index (χ2n) is 2.58. The molecule has 66 valence electrons. The van der Waals surface area contributed by atoms with Crippen molar-refractivity contribution in [1.29, 1.82) is 5.26 Å². The van der Waals surface area contributed by atoms with E-state index in [1.165, 1.54) is 6.92 Å². The summed E-state index contributed by atoms with van der Waals surface area (Å²) in [5, 5.41) is 18.5. The first-order valence-corrected chi connectivity index (χ1v) is 4.09. The molecule has 0 bridgehead atoms. The van der Waals surface area contributed by atoms with Gasteiger partial charge in [-0.05, 0) is 24.6 Å². The van der Waals surface area contributed by atoms with Gasteiger partial charge in [0.25, 0.3) is 0 Å². The summed E-state index contributed by atoms with van der Waals surface area (Å²) in [6.45, 7) is 1.48. The van der Waals surface area contributed by atoms with E-state index in [1.54, 1.807) is 24.3 Å². The predicted octanol–water partition coefficient (Wildman–Crippen LogP) is 3.15. The van der Waals surface area contributed by atoms with Crippen LogP contribution in [0.3, 0.4) is 0 Å². The smallest absolute Gasteiger partial charge is 0.107 e. The van der Waals surface area contributed by atoms with E-state index < -0.39 is 0 Å². The van der Waals surface area contributed by atoms with E-state index in [-0.39, 0.29) is 11.3 Å². The van der Waals surface area contributed by atoms with Crippen molar-refractivity contribution in [3.63, 3.8) is 0 Å². The standard InChI is InChI=1S/C10H8ClNO/c1-7(13)10(6-12)8-2-4-9(11)5-3-8/h2-5,13H,1H3/b10-7-. The van der Waals surface area contributed by atoms with Crippen LogP contribution in [0.4, 0.5) is 0 Å². The van der Waals surface area contributed by atoms with Gasteiger partial charge in [0.2, 0.25) is 0 Å². The van der Waals surface area contributed by atoms with Gasteiger partial charge in [-0.2, -0.15) is 5.26 Å². The number of benzene rings is 1. The third kappa shape index (κ3) is 2.24. The van der Waals surface area contributed by atoms with Gasteiger partial charge in [0.1, 0.15) is 11.8 Å². The molecule has 0 saturated heterocycles. The van der Waals surface area contributed by atoms with Crippen LogP contribution in [0, 0.1) is 11.3 Å². The van der Waals surface area contributed by atoms with E-state index in [0.717, 1.165) is 0 Å². The first-order chi connectivity index (χ1) is 6.15. The lowest BCUT2D eigenvalue weighted by atomic mass is 10.1. The van der Waals surface area contributed by atoms with Crippen LogP contribution in [0.1, 0.15) is 12.5 Å². The molecule has 0 spiro atoms. The highest BCUT2D eigenvalue weighted by Gasteiger charge is 2.03. The third-order valence-electron chi connectivity index (χ3n) is 1.61. The largest absolute Gasteiger partial charge is 0.511 e. The molecule has 1 aromatic carbocycles. The number of halogens is 1. The molecular formula is C10H8ClNO. The van der Waals surface area contributed by atoms with E-state index in [1.807, 2.05) is 6.07 Å². The van der Waals surface area contributed by atoms with Crippen molar-refractivity contribution in [2.75, 3.05) is 0 Å². The van der Waals surface area contributed by atoms with Gasteiger partial charge in [-0.15, -0.1) is 0 Å². The van der Waals surface area contributed by atoms with Crippen molar-refractivity contribution < 1.29 is 5.11 Å². The minimum Gasteiger partial charge on any atom is -0.511 e. The maximum absolute atomic E-state index is 9.16. The van der Waals surface area contributed by atoms with Gasteiger partial charge >= 0.3 is 0 Å². The van der Waals surface area contributed by atoms with Crippen LogP contribution in [0.15, 0.2) is 30.0 Å². The Labute approximate surface area is 81.7 Å². The van der Waals surface area contributed by atoms with Crippen molar-refractivity contribution in [3.8, 4) is 6.07 Å². The van der Waals surface area contributed by atoms with Crippen LogP contribution in [-0.4, -0.2) is 5.11 Å². The highest BCUT2D eigenvalue weighted by atomic mass is 35.5. The summed E-state index contributed by atoms with van der Waals surface area (Å²) in [6, 6.07) is 8.67. The summed E-state index contributed by atoms with van der Waals surface area (Å²) in [5.74, 6) is 0.0184. The molecule has 0 amide bonds. The lowest BCUT2D eigenvalue weighted by Crippen LogP contribution is -1.85. The van der Waals surface area contributed by atoms with Gasteiger partial charge in [0.05, 0.1) is 5.57 Å². The molecule has 1 rings (SSSR count). The van der Waals surface area contributed by atoms with Crippen LogP contribution in [0.5, 0.6) is 0 Å². The van der Waals surface area contributed by atoms with Gasteiger partial charge in [0.15, 0.2) is 0 Å². The molecule has 1 aromatic rings. The van der Waals surface area contributed by atoms with E-state index in [2.05, 4.69) is 0 Å². The maximum atomic E-state index is 9.16. The Balaban J connectivity index is 3.17. The Kier molecular flexibility index (Phi) is 2.94. The number of aliphatic hydroxyl groups excluding tert-OH is 1. The van der Waals surface area contributed by atoms with E-state index in [0.29, 0.717) is 10.6 Å². The summed E-state index contributed by atoms with van der Waals surface area (Å²) in [5.41, 5.74) is 0.948. The molecule has 0 heterocycles. The van der Waals surface area contributed by atoms with Gasteiger partial charge < -0.3 is 5.11 Å². The lowest BCUT2D eigenvalue weighted by Gasteiger charge is -1.99. The summed E-state index contributed by atoms with van der Waals surface area (Å²) >= 11 is 5.68. The summed E-state index contributed by atoms with van der Waals surface area (Å²) in [7, 11) is 0. The SMILES string of the molecule is C/C(O)=C(\C#N)c1ccc(Cl)cc1. The zero-order chi connectivity index (χ0) is 9.84. The molecule has 1 N–H and O–H groups in total. The zero-order valence-electron chi connectivity index (χ0n) is 7.08. The second kappa shape index (κ2) is 3.97. The first-order valence-electron chi connectivity index (χ1n) is 3.71. The molecule has 0 aliphatic heterocycles. The van der Waals surface area contributed by atoms with E-state index in [9.17, 15) is 0 Å². The molecule has 0 radical (unpaired) electrons. The number of nitrogens with zero attached hydrogens (tertiary/aromatic N) is 1. The lowest BCUT2D eigenvalue weighted by molar-refractivity contribution is 0.418. The Morgan fingerprint density at radius 2 is 1.92 bits per heavy atom. The maximum Gasteiger partial charge on any atom is 0.107 e. The van der Waals surface area contributed by atoms with Crippen LogP contribution in [-0.2, 0) is 0 Å². The molecule has 0 fully saturated rings. The minimum absolute atomic E-state index is 0.0184. The number of rotatable bonds is 1. The normalized spacial score (nSPS) is 11.8. The molecular weight excluding hydrogens is 186 g/mol. The Morgan fingerprint density at radius 1 is 1.38 bits per heavy atom. The fourth-order valence-electron chi connectivity index (χ4n) is 0.971. The number of nitriles is 1. The highest BCUT2D eigenvalue weighted by Crippen LogP contribution is 2.18. The molecule has 2 nitrogen and oxygen atoms in total. The van der Waals surface area contributed by atoms with Gasteiger partial charge in [-0.25, -0.2) is 0 Å².